The lowest BCUT2D eigenvalue weighted by molar-refractivity contribution is 0.168. The Balaban J connectivity index is 2.10. The van der Waals surface area contributed by atoms with Crippen LogP contribution in [0.4, 0.5) is 0 Å². The Morgan fingerprint density at radius 3 is 1.93 bits per heavy atom. The lowest BCUT2D eigenvalue weighted by Crippen LogP contribution is -2.66. The second kappa shape index (κ2) is 8.13. The summed E-state index contributed by atoms with van der Waals surface area (Å²) in [6.45, 7) is 9.53. The van der Waals surface area contributed by atoms with E-state index in [1.54, 1.807) is 0 Å². The smallest absolute Gasteiger partial charge is 0.261 e. The van der Waals surface area contributed by atoms with Gasteiger partial charge >= 0.3 is 0 Å². The third-order valence-electron chi connectivity index (χ3n) is 5.84. The third-order valence-corrected chi connectivity index (χ3v) is 10.8. The number of rotatable bonds is 5. The van der Waals surface area contributed by atoms with Crippen LogP contribution in [0, 0.1) is 0 Å². The molecule has 0 heterocycles. The molecule has 0 aliphatic heterocycles. The van der Waals surface area contributed by atoms with Crippen LogP contribution in [0.5, 0.6) is 0 Å². The molecule has 0 bridgehead atoms. The van der Waals surface area contributed by atoms with Crippen molar-refractivity contribution in [3.8, 4) is 0 Å². The van der Waals surface area contributed by atoms with Crippen molar-refractivity contribution in [3.05, 3.63) is 71.8 Å². The molecule has 27 heavy (non-hydrogen) atoms. The molecule has 0 saturated heterocycles. The van der Waals surface area contributed by atoms with Crippen LogP contribution in [0.1, 0.15) is 47.0 Å². The van der Waals surface area contributed by atoms with Gasteiger partial charge < -0.3 is 9.53 Å². The summed E-state index contributed by atoms with van der Waals surface area (Å²) in [6, 6.07) is 21.4. The van der Waals surface area contributed by atoms with Gasteiger partial charge in [-0.3, -0.25) is 0 Å². The quantitative estimate of drug-likeness (QED) is 0.614. The summed E-state index contributed by atoms with van der Waals surface area (Å²) < 4.78 is 6.97. The second-order valence-electron chi connectivity index (χ2n) is 8.67. The number of hydrogen-bond donors (Lipinski definition) is 1. The van der Waals surface area contributed by atoms with Crippen molar-refractivity contribution in [2.75, 3.05) is 6.61 Å². The van der Waals surface area contributed by atoms with E-state index in [9.17, 15) is 5.11 Å². The Morgan fingerprint density at radius 2 is 1.48 bits per heavy atom. The van der Waals surface area contributed by atoms with Crippen molar-refractivity contribution in [1.82, 2.24) is 0 Å². The van der Waals surface area contributed by atoms with Gasteiger partial charge in [0.1, 0.15) is 0 Å². The zero-order valence-corrected chi connectivity index (χ0v) is 18.0. The van der Waals surface area contributed by atoms with Crippen LogP contribution in [-0.4, -0.2) is 26.1 Å². The molecule has 1 aliphatic carbocycles. The number of hydrogen-bond acceptors (Lipinski definition) is 2. The highest BCUT2D eigenvalue weighted by atomic mass is 28.4. The maximum absolute atomic E-state index is 10.6. The largest absolute Gasteiger partial charge is 0.403 e. The lowest BCUT2D eigenvalue weighted by Gasteiger charge is -2.43. The summed E-state index contributed by atoms with van der Waals surface area (Å²) in [4.78, 5) is 0. The lowest BCUT2D eigenvalue weighted by atomic mass is 9.91. The van der Waals surface area contributed by atoms with Crippen LogP contribution in [0.15, 0.2) is 71.8 Å². The highest BCUT2D eigenvalue weighted by Crippen LogP contribution is 2.37. The molecule has 1 unspecified atom stereocenters. The molecule has 0 amide bonds. The monoisotopic (exact) mass is 380 g/mol. The molecule has 0 radical (unpaired) electrons. The molecule has 2 aromatic rings. The van der Waals surface area contributed by atoms with Gasteiger partial charge in [-0.25, -0.2) is 0 Å². The minimum absolute atomic E-state index is 0.0379. The van der Waals surface area contributed by atoms with E-state index < -0.39 is 8.32 Å². The molecule has 0 aromatic heterocycles. The Morgan fingerprint density at radius 1 is 0.963 bits per heavy atom. The molecule has 0 saturated carbocycles. The van der Waals surface area contributed by atoms with Crippen molar-refractivity contribution in [3.63, 3.8) is 0 Å². The van der Waals surface area contributed by atoms with Gasteiger partial charge in [0.25, 0.3) is 8.32 Å². The molecule has 0 spiro atoms. The molecule has 3 rings (SSSR count). The highest BCUT2D eigenvalue weighted by Gasteiger charge is 2.50. The Labute approximate surface area is 165 Å². The fourth-order valence-electron chi connectivity index (χ4n) is 4.35. The average molecular weight is 381 g/mol. The van der Waals surface area contributed by atoms with Crippen LogP contribution in [0.3, 0.4) is 0 Å². The second-order valence-corrected chi connectivity index (χ2v) is 13.0. The fraction of sp³-hybridized carbons (Fsp3) is 0.417. The summed E-state index contributed by atoms with van der Waals surface area (Å²) in [6.07, 6.45) is 2.61. The number of benzene rings is 2. The van der Waals surface area contributed by atoms with Crippen LogP contribution in [-0.2, 0) is 4.43 Å². The fourth-order valence-corrected chi connectivity index (χ4v) is 8.87. The zero-order chi connectivity index (χ0) is 19.5. The van der Waals surface area contributed by atoms with Gasteiger partial charge in [0.05, 0.1) is 12.7 Å². The maximum atomic E-state index is 10.6. The number of allylic oxidation sites excluding steroid dienone is 1. The van der Waals surface area contributed by atoms with Gasteiger partial charge in [0, 0.05) is 0 Å². The first-order valence-corrected chi connectivity index (χ1v) is 11.9. The number of aliphatic hydroxyl groups excluding tert-OH is 1. The SMILES string of the molecule is CC1=C(CO[Si](c2ccccc2)(c2ccccc2)C(C)(C)C)C(O)CCC1. The van der Waals surface area contributed by atoms with E-state index >= 15 is 0 Å². The van der Waals surface area contributed by atoms with E-state index in [2.05, 4.69) is 88.4 Å². The van der Waals surface area contributed by atoms with Gasteiger partial charge in [0.2, 0.25) is 0 Å². The van der Waals surface area contributed by atoms with Crippen molar-refractivity contribution in [2.24, 2.45) is 0 Å². The van der Waals surface area contributed by atoms with Crippen LogP contribution in [0.2, 0.25) is 5.04 Å². The molecule has 1 aliphatic rings. The molecule has 1 atom stereocenters. The van der Waals surface area contributed by atoms with E-state index in [0.29, 0.717) is 6.61 Å². The summed E-state index contributed by atoms with van der Waals surface area (Å²) in [5.41, 5.74) is 2.39. The van der Waals surface area contributed by atoms with E-state index in [0.717, 1.165) is 24.8 Å². The van der Waals surface area contributed by atoms with Crippen LogP contribution in [0.25, 0.3) is 0 Å². The Hall–Kier alpha value is -1.68. The zero-order valence-electron chi connectivity index (χ0n) is 17.0. The van der Waals surface area contributed by atoms with Crippen molar-refractivity contribution in [1.29, 1.82) is 0 Å². The Bertz CT molecular complexity index is 736. The summed E-state index contributed by atoms with van der Waals surface area (Å²) in [5.74, 6) is 0. The predicted octanol–water partition coefficient (Wildman–Crippen LogP) is 4.42. The molecule has 0 fully saturated rings. The molecule has 3 heteroatoms. The summed E-state index contributed by atoms with van der Waals surface area (Å²) >= 11 is 0. The first-order chi connectivity index (χ1) is 12.9. The van der Waals surface area contributed by atoms with Gasteiger partial charge in [-0.2, -0.15) is 0 Å². The topological polar surface area (TPSA) is 29.5 Å². The molecule has 1 N–H and O–H groups in total. The van der Waals surface area contributed by atoms with Crippen molar-refractivity contribution < 1.29 is 9.53 Å². The first kappa shape index (κ1) is 20.1. The van der Waals surface area contributed by atoms with Gasteiger partial charge in [-0.1, -0.05) is 87.0 Å². The highest BCUT2D eigenvalue weighted by molar-refractivity contribution is 6.99. The molecular formula is C24H32O2Si. The van der Waals surface area contributed by atoms with Gasteiger partial charge in [-0.05, 0) is 47.2 Å². The predicted molar refractivity (Wildman–Crippen MR) is 116 cm³/mol. The normalized spacial score (nSPS) is 18.6. The van der Waals surface area contributed by atoms with Crippen molar-refractivity contribution >= 4 is 18.7 Å². The molecule has 2 aromatic carbocycles. The van der Waals surface area contributed by atoms with Gasteiger partial charge in [-0.15, -0.1) is 0 Å². The standard InChI is InChI=1S/C24H32O2Si/c1-19-12-11-17-23(25)22(19)18-26-27(24(2,3)4,20-13-7-5-8-14-20)21-15-9-6-10-16-21/h5-10,13-16,23,25H,11-12,17-18H2,1-4H3. The molecular weight excluding hydrogens is 348 g/mol. The van der Waals surface area contributed by atoms with E-state index in [1.807, 2.05) is 0 Å². The van der Waals surface area contributed by atoms with E-state index in [-0.39, 0.29) is 11.1 Å². The summed E-state index contributed by atoms with van der Waals surface area (Å²) in [5, 5.41) is 13.1. The number of aliphatic hydroxyl groups is 1. The third kappa shape index (κ3) is 3.96. The molecule has 144 valence electrons. The van der Waals surface area contributed by atoms with Gasteiger partial charge in [0.15, 0.2) is 0 Å². The van der Waals surface area contributed by atoms with Crippen molar-refractivity contribution in [2.45, 2.75) is 58.1 Å². The van der Waals surface area contributed by atoms with E-state index in [1.165, 1.54) is 15.9 Å². The maximum Gasteiger partial charge on any atom is 0.261 e. The van der Waals surface area contributed by atoms with Crippen LogP contribution < -0.4 is 10.4 Å². The van der Waals surface area contributed by atoms with E-state index in [4.69, 9.17) is 4.43 Å². The van der Waals surface area contributed by atoms with Crippen LogP contribution >= 0.6 is 0 Å². The first-order valence-electron chi connectivity index (χ1n) is 9.98. The minimum Gasteiger partial charge on any atom is -0.403 e. The average Bonchev–Trinajstić information content (AvgIpc) is 2.65. The Kier molecular flexibility index (Phi) is 6.04. The minimum atomic E-state index is -2.54. The molecule has 2 nitrogen and oxygen atoms in total. The summed E-state index contributed by atoms with van der Waals surface area (Å²) in [7, 11) is -2.54.